The minimum absolute atomic E-state index is 0.242. The number of nitriles is 1. The first-order chi connectivity index (χ1) is 13.7. The molecule has 0 unspecified atom stereocenters. The van der Waals surface area contributed by atoms with Crippen LogP contribution in [0.5, 0.6) is 0 Å². The van der Waals surface area contributed by atoms with Crippen molar-refractivity contribution >= 4 is 38.4 Å². The summed E-state index contributed by atoms with van der Waals surface area (Å²) in [6, 6.07) is 11.8. The number of hydrogen-bond acceptors (Lipinski definition) is 6. The van der Waals surface area contributed by atoms with E-state index in [-0.39, 0.29) is 5.91 Å². The summed E-state index contributed by atoms with van der Waals surface area (Å²) >= 11 is 1.51. The summed E-state index contributed by atoms with van der Waals surface area (Å²) in [6.07, 6.45) is 4.36. The average molecular weight is 392 g/mol. The zero-order valence-electron chi connectivity index (χ0n) is 15.7. The van der Waals surface area contributed by atoms with E-state index in [0.29, 0.717) is 17.9 Å². The Labute approximate surface area is 167 Å². The van der Waals surface area contributed by atoms with Crippen molar-refractivity contribution in [3.8, 4) is 6.07 Å². The predicted molar refractivity (Wildman–Crippen MR) is 111 cm³/mol. The molecule has 1 N–H and O–H groups in total. The van der Waals surface area contributed by atoms with Crippen molar-refractivity contribution in [2.75, 3.05) is 18.4 Å². The molecule has 1 aliphatic heterocycles. The highest BCUT2D eigenvalue weighted by molar-refractivity contribution is 7.22. The molecule has 2 aromatic heterocycles. The molecule has 142 valence electrons. The molecule has 3 aromatic rings. The molecule has 7 heteroatoms. The van der Waals surface area contributed by atoms with Gasteiger partial charge in [-0.2, -0.15) is 5.26 Å². The number of thiazole rings is 1. The van der Waals surface area contributed by atoms with E-state index >= 15 is 0 Å². The average Bonchev–Trinajstić information content (AvgIpc) is 3.14. The Bertz CT molecular complexity index is 1050. The number of nitrogens with one attached hydrogen (secondary N) is 1. The second-order valence-electron chi connectivity index (χ2n) is 6.92. The van der Waals surface area contributed by atoms with E-state index in [2.05, 4.69) is 33.5 Å². The maximum atomic E-state index is 11.9. The van der Waals surface area contributed by atoms with Crippen molar-refractivity contribution in [3.05, 3.63) is 47.7 Å². The molecule has 0 aliphatic carbocycles. The topological polar surface area (TPSA) is 81.9 Å². The van der Waals surface area contributed by atoms with Gasteiger partial charge in [-0.1, -0.05) is 18.3 Å². The number of aromatic nitrogens is 2. The van der Waals surface area contributed by atoms with Crippen molar-refractivity contribution in [1.29, 1.82) is 5.26 Å². The van der Waals surface area contributed by atoms with Crippen LogP contribution in [0.3, 0.4) is 0 Å². The molecule has 0 radical (unpaired) electrons. The number of rotatable bonds is 4. The lowest BCUT2D eigenvalue weighted by Crippen LogP contribution is -2.37. The van der Waals surface area contributed by atoms with Crippen LogP contribution in [0.4, 0.5) is 10.9 Å². The summed E-state index contributed by atoms with van der Waals surface area (Å²) in [4.78, 5) is 22.8. The summed E-state index contributed by atoms with van der Waals surface area (Å²) < 4.78 is 0.977. The second-order valence-corrected chi connectivity index (χ2v) is 7.95. The third-order valence-corrected chi connectivity index (χ3v) is 6.09. The summed E-state index contributed by atoms with van der Waals surface area (Å²) in [6.45, 7) is 3.56. The molecule has 3 heterocycles. The lowest BCUT2D eigenvalue weighted by atomic mass is 9.90. The Morgan fingerprint density at radius 3 is 2.89 bits per heavy atom. The minimum Gasteiger partial charge on any atom is -0.343 e. The predicted octanol–water partition coefficient (Wildman–Crippen LogP) is 4.42. The molecule has 1 aromatic carbocycles. The smallest absolute Gasteiger partial charge is 0.222 e. The Hall–Kier alpha value is -2.98. The van der Waals surface area contributed by atoms with Crippen molar-refractivity contribution in [3.63, 3.8) is 0 Å². The number of piperidine rings is 1. The number of anilines is 2. The highest BCUT2D eigenvalue weighted by Crippen LogP contribution is 2.31. The largest absolute Gasteiger partial charge is 0.343 e. The van der Waals surface area contributed by atoms with Crippen LogP contribution in [-0.4, -0.2) is 33.9 Å². The first-order valence-corrected chi connectivity index (χ1v) is 10.3. The molecular formula is C21H21N5OS. The Kier molecular flexibility index (Phi) is 5.22. The SMILES string of the molecule is CCC(=O)N1CCC(c2ccnc(Nc3nc4ccc(C#N)cc4s3)c2)CC1. The van der Waals surface area contributed by atoms with Crippen molar-refractivity contribution in [2.24, 2.45) is 0 Å². The number of likely N-dealkylation sites (tertiary alicyclic amines) is 1. The van der Waals surface area contributed by atoms with E-state index in [1.54, 1.807) is 6.07 Å². The summed E-state index contributed by atoms with van der Waals surface area (Å²) in [5.41, 5.74) is 2.75. The van der Waals surface area contributed by atoms with Gasteiger partial charge in [0, 0.05) is 25.7 Å². The van der Waals surface area contributed by atoms with Crippen LogP contribution in [0.25, 0.3) is 10.2 Å². The van der Waals surface area contributed by atoms with Crippen LogP contribution < -0.4 is 5.32 Å². The fraction of sp³-hybridized carbons (Fsp3) is 0.333. The van der Waals surface area contributed by atoms with E-state index in [1.165, 1.54) is 16.9 Å². The van der Waals surface area contributed by atoms with Crippen LogP contribution in [0, 0.1) is 11.3 Å². The van der Waals surface area contributed by atoms with Gasteiger partial charge in [0.1, 0.15) is 5.82 Å². The summed E-state index contributed by atoms with van der Waals surface area (Å²) in [5.74, 6) is 1.45. The lowest BCUT2D eigenvalue weighted by molar-refractivity contribution is -0.131. The van der Waals surface area contributed by atoms with Gasteiger partial charge in [-0.05, 0) is 54.7 Å². The molecule has 0 spiro atoms. The zero-order chi connectivity index (χ0) is 19.5. The third-order valence-electron chi connectivity index (χ3n) is 5.16. The maximum Gasteiger partial charge on any atom is 0.222 e. The number of pyridine rings is 1. The fourth-order valence-corrected chi connectivity index (χ4v) is 4.52. The van der Waals surface area contributed by atoms with Crippen molar-refractivity contribution in [1.82, 2.24) is 14.9 Å². The van der Waals surface area contributed by atoms with Crippen LogP contribution in [0.2, 0.25) is 0 Å². The normalized spacial score (nSPS) is 14.8. The van der Waals surface area contributed by atoms with Gasteiger partial charge in [0.05, 0.1) is 21.8 Å². The van der Waals surface area contributed by atoms with Gasteiger partial charge in [-0.3, -0.25) is 4.79 Å². The van der Waals surface area contributed by atoms with Crippen LogP contribution in [-0.2, 0) is 4.79 Å². The first-order valence-electron chi connectivity index (χ1n) is 9.47. The molecule has 4 rings (SSSR count). The Morgan fingerprint density at radius 2 is 2.14 bits per heavy atom. The molecule has 6 nitrogen and oxygen atoms in total. The lowest BCUT2D eigenvalue weighted by Gasteiger charge is -2.32. The van der Waals surface area contributed by atoms with Gasteiger partial charge in [-0.25, -0.2) is 9.97 Å². The van der Waals surface area contributed by atoms with E-state index < -0.39 is 0 Å². The van der Waals surface area contributed by atoms with Crippen LogP contribution in [0.1, 0.15) is 43.2 Å². The van der Waals surface area contributed by atoms with Gasteiger partial charge >= 0.3 is 0 Å². The highest BCUT2D eigenvalue weighted by atomic mass is 32.1. The first kappa shape index (κ1) is 18.4. The molecular weight excluding hydrogens is 370 g/mol. The monoisotopic (exact) mass is 391 g/mol. The number of benzene rings is 1. The van der Waals surface area contributed by atoms with Gasteiger partial charge in [0.15, 0.2) is 5.13 Å². The number of carbonyl (C=O) groups is 1. The van der Waals surface area contributed by atoms with E-state index in [1.807, 2.05) is 30.2 Å². The molecule has 1 aliphatic rings. The van der Waals surface area contributed by atoms with Gasteiger partial charge in [0.2, 0.25) is 5.91 Å². The maximum absolute atomic E-state index is 11.9. The number of hydrogen-bond donors (Lipinski definition) is 1. The molecule has 1 fully saturated rings. The Morgan fingerprint density at radius 1 is 1.32 bits per heavy atom. The van der Waals surface area contributed by atoms with E-state index in [4.69, 9.17) is 5.26 Å². The van der Waals surface area contributed by atoms with Crippen LogP contribution >= 0.6 is 11.3 Å². The van der Waals surface area contributed by atoms with E-state index in [0.717, 1.165) is 47.1 Å². The quantitative estimate of drug-likeness (QED) is 0.712. The molecule has 1 amide bonds. The van der Waals surface area contributed by atoms with E-state index in [9.17, 15) is 4.79 Å². The number of fused-ring (bicyclic) bond motifs is 1. The fourth-order valence-electron chi connectivity index (χ4n) is 3.61. The second kappa shape index (κ2) is 7.95. The zero-order valence-corrected chi connectivity index (χ0v) is 16.5. The standard InChI is InChI=1S/C21H21N5OS/c1-2-20(27)26-9-6-15(7-10-26)16-5-8-23-19(12-16)25-21-24-17-4-3-14(13-22)11-18(17)28-21/h3-5,8,11-12,15H,2,6-7,9-10H2,1H3,(H,23,24,25). The molecule has 28 heavy (non-hydrogen) atoms. The van der Waals surface area contributed by atoms with Crippen LogP contribution in [0.15, 0.2) is 36.5 Å². The van der Waals surface area contributed by atoms with Crippen molar-refractivity contribution in [2.45, 2.75) is 32.1 Å². The summed E-state index contributed by atoms with van der Waals surface area (Å²) in [5, 5.41) is 13.1. The van der Waals surface area contributed by atoms with Gasteiger partial charge in [0.25, 0.3) is 0 Å². The van der Waals surface area contributed by atoms with Gasteiger partial charge in [-0.15, -0.1) is 0 Å². The minimum atomic E-state index is 0.242. The highest BCUT2D eigenvalue weighted by Gasteiger charge is 2.23. The molecule has 1 saturated heterocycles. The molecule has 0 bridgehead atoms. The number of nitrogens with zero attached hydrogens (tertiary/aromatic N) is 4. The Balaban J connectivity index is 1.47. The molecule has 0 atom stereocenters. The molecule has 0 saturated carbocycles. The number of amides is 1. The summed E-state index contributed by atoms with van der Waals surface area (Å²) in [7, 11) is 0. The number of carbonyl (C=O) groups excluding carboxylic acids is 1. The van der Waals surface area contributed by atoms with Crippen molar-refractivity contribution < 1.29 is 4.79 Å². The van der Waals surface area contributed by atoms with Gasteiger partial charge < -0.3 is 10.2 Å². The third kappa shape index (κ3) is 3.82.